The summed E-state index contributed by atoms with van der Waals surface area (Å²) < 4.78 is 79.5. The standard InChI is InChI=1S/C24H44O12S2/c1-2-3-4-5-6-7-8-9-10-11-12-13-14-15-16-17-18-33-23-21(25)22(35-24(23)26)20(36-38(30,31)32)19-34-37(27,28)29/h20,22,25H,2-19H2,1H3,(H,27,28,29)(H,30,31,32)/t20-,22+/m0/s1. The molecule has 1 aliphatic heterocycles. The molecule has 0 aliphatic carbocycles. The summed E-state index contributed by atoms with van der Waals surface area (Å²) in [6, 6.07) is 0. The van der Waals surface area contributed by atoms with E-state index in [1.807, 2.05) is 0 Å². The van der Waals surface area contributed by atoms with Crippen molar-refractivity contribution in [2.45, 2.75) is 122 Å². The number of carbonyl (C=O) groups excluding carboxylic acids is 1. The Morgan fingerprint density at radius 2 is 1.21 bits per heavy atom. The van der Waals surface area contributed by atoms with Crippen LogP contribution in [0.3, 0.4) is 0 Å². The van der Waals surface area contributed by atoms with Crippen LogP contribution in [0, 0.1) is 0 Å². The van der Waals surface area contributed by atoms with Crippen LogP contribution < -0.4 is 0 Å². The van der Waals surface area contributed by atoms with Crippen molar-refractivity contribution in [3.05, 3.63) is 11.5 Å². The Kier molecular flexibility index (Phi) is 17.1. The smallest absolute Gasteiger partial charge is 0.397 e. The third-order valence-electron chi connectivity index (χ3n) is 6.13. The minimum absolute atomic E-state index is 0.0883. The summed E-state index contributed by atoms with van der Waals surface area (Å²) in [6.07, 6.45) is 15.3. The first kappa shape index (κ1) is 34.6. The lowest BCUT2D eigenvalue weighted by Crippen LogP contribution is -2.37. The van der Waals surface area contributed by atoms with E-state index in [9.17, 15) is 26.7 Å². The number of cyclic esters (lactones) is 1. The molecular weight excluding hydrogens is 544 g/mol. The van der Waals surface area contributed by atoms with E-state index in [1.165, 1.54) is 77.0 Å². The van der Waals surface area contributed by atoms with Crippen LogP contribution in [0.5, 0.6) is 0 Å². The van der Waals surface area contributed by atoms with Gasteiger partial charge in [-0.05, 0) is 6.42 Å². The lowest BCUT2D eigenvalue weighted by Gasteiger charge is -2.19. The van der Waals surface area contributed by atoms with E-state index < -0.39 is 57.1 Å². The van der Waals surface area contributed by atoms with Crippen LogP contribution in [0.15, 0.2) is 11.5 Å². The first-order valence-electron chi connectivity index (χ1n) is 13.5. The van der Waals surface area contributed by atoms with Crippen molar-refractivity contribution in [2.75, 3.05) is 13.2 Å². The fraction of sp³-hybridized carbons (Fsp3) is 0.875. The first-order valence-corrected chi connectivity index (χ1v) is 16.2. The molecule has 0 spiro atoms. The van der Waals surface area contributed by atoms with E-state index >= 15 is 0 Å². The lowest BCUT2D eigenvalue weighted by molar-refractivity contribution is -0.147. The van der Waals surface area contributed by atoms with Gasteiger partial charge in [-0.25, -0.2) is 13.2 Å². The summed E-state index contributed by atoms with van der Waals surface area (Å²) in [5.74, 6) is -2.55. The van der Waals surface area contributed by atoms with Crippen LogP contribution >= 0.6 is 0 Å². The van der Waals surface area contributed by atoms with Gasteiger partial charge in [0.25, 0.3) is 0 Å². The molecule has 0 saturated heterocycles. The van der Waals surface area contributed by atoms with Gasteiger partial charge in [-0.15, -0.1) is 0 Å². The highest BCUT2D eigenvalue weighted by Gasteiger charge is 2.44. The summed E-state index contributed by atoms with van der Waals surface area (Å²) >= 11 is 0. The second-order valence-corrected chi connectivity index (χ2v) is 11.6. The van der Waals surface area contributed by atoms with Gasteiger partial charge in [-0.2, -0.15) is 16.8 Å². The second-order valence-electron chi connectivity index (χ2n) is 9.47. The quantitative estimate of drug-likeness (QED) is 0.0783. The predicted molar refractivity (Wildman–Crippen MR) is 139 cm³/mol. The molecule has 0 aromatic heterocycles. The van der Waals surface area contributed by atoms with Crippen LogP contribution in [0.1, 0.15) is 110 Å². The molecule has 0 bridgehead atoms. The molecule has 0 fully saturated rings. The predicted octanol–water partition coefficient (Wildman–Crippen LogP) is 4.97. The molecule has 0 saturated carbocycles. The number of hydrogen-bond donors (Lipinski definition) is 3. The van der Waals surface area contributed by atoms with E-state index in [4.69, 9.17) is 18.6 Å². The molecule has 0 radical (unpaired) electrons. The van der Waals surface area contributed by atoms with Gasteiger partial charge < -0.3 is 14.6 Å². The van der Waals surface area contributed by atoms with Gasteiger partial charge in [-0.3, -0.25) is 9.11 Å². The van der Waals surface area contributed by atoms with E-state index in [1.54, 1.807) is 0 Å². The largest absolute Gasteiger partial charge is 0.505 e. The number of unbranched alkanes of at least 4 members (excludes halogenated alkanes) is 15. The van der Waals surface area contributed by atoms with Crippen molar-refractivity contribution in [3.8, 4) is 0 Å². The van der Waals surface area contributed by atoms with Crippen LogP contribution in [0.2, 0.25) is 0 Å². The normalized spacial score (nSPS) is 17.1. The Morgan fingerprint density at radius 1 is 0.763 bits per heavy atom. The Bertz CT molecular complexity index is 915. The van der Waals surface area contributed by atoms with Gasteiger partial charge >= 0.3 is 26.8 Å². The van der Waals surface area contributed by atoms with Gasteiger partial charge in [-0.1, -0.05) is 103 Å². The van der Waals surface area contributed by atoms with Gasteiger partial charge in [0.05, 0.1) is 6.61 Å². The number of carbonyl (C=O) groups is 1. The van der Waals surface area contributed by atoms with Gasteiger partial charge in [0.1, 0.15) is 12.7 Å². The molecule has 12 nitrogen and oxygen atoms in total. The first-order chi connectivity index (χ1) is 17.9. The number of esters is 1. The maximum absolute atomic E-state index is 12.0. The monoisotopic (exact) mass is 588 g/mol. The van der Waals surface area contributed by atoms with Crippen LogP contribution in [-0.4, -0.2) is 62.4 Å². The Hall–Kier alpha value is -1.45. The SMILES string of the molecule is CCCCCCCCCCCCCCCCCCOC1=C(O)[C@@H]([C@H](COS(=O)(=O)O)OS(=O)(=O)O)OC1=O. The van der Waals surface area contributed by atoms with Crippen molar-refractivity contribution in [1.82, 2.24) is 0 Å². The molecule has 3 N–H and O–H groups in total. The van der Waals surface area contributed by atoms with Crippen molar-refractivity contribution in [3.63, 3.8) is 0 Å². The summed E-state index contributed by atoms with van der Waals surface area (Å²) in [5.41, 5.74) is 0. The van der Waals surface area contributed by atoms with Crippen molar-refractivity contribution in [2.24, 2.45) is 0 Å². The molecular formula is C24H44O12S2. The number of rotatable bonds is 24. The summed E-state index contributed by atoms with van der Waals surface area (Å²) in [6.45, 7) is 1.13. The minimum atomic E-state index is -5.15. The van der Waals surface area contributed by atoms with E-state index in [0.29, 0.717) is 6.42 Å². The van der Waals surface area contributed by atoms with Crippen LogP contribution in [0.25, 0.3) is 0 Å². The number of aliphatic hydroxyl groups is 1. The highest BCUT2D eigenvalue weighted by atomic mass is 32.3. The summed E-state index contributed by atoms with van der Waals surface area (Å²) in [4.78, 5) is 12.0. The van der Waals surface area contributed by atoms with Crippen molar-refractivity contribution >= 4 is 26.8 Å². The maximum Gasteiger partial charge on any atom is 0.397 e. The maximum atomic E-state index is 12.0. The number of aliphatic hydroxyl groups excluding tert-OH is 1. The topological polar surface area (TPSA) is 183 Å². The molecule has 38 heavy (non-hydrogen) atoms. The molecule has 0 unspecified atom stereocenters. The molecule has 1 rings (SSSR count). The molecule has 0 amide bonds. The van der Waals surface area contributed by atoms with Crippen LogP contribution in [0.4, 0.5) is 0 Å². The van der Waals surface area contributed by atoms with Gasteiger partial charge in [0.15, 0.2) is 11.9 Å². The molecule has 1 aliphatic rings. The number of hydrogen-bond acceptors (Lipinski definition) is 10. The Morgan fingerprint density at radius 3 is 1.63 bits per heavy atom. The average molecular weight is 589 g/mol. The third-order valence-corrected chi connectivity index (χ3v) is 7.05. The van der Waals surface area contributed by atoms with Gasteiger partial charge in [0.2, 0.25) is 5.76 Å². The Labute approximate surface area is 227 Å². The molecule has 0 aromatic carbocycles. The van der Waals surface area contributed by atoms with Crippen molar-refractivity contribution in [1.29, 1.82) is 0 Å². The van der Waals surface area contributed by atoms with E-state index in [2.05, 4.69) is 15.3 Å². The fourth-order valence-electron chi connectivity index (χ4n) is 4.14. The molecule has 0 aromatic rings. The fourth-order valence-corrected chi connectivity index (χ4v) is 4.92. The highest BCUT2D eigenvalue weighted by molar-refractivity contribution is 7.81. The van der Waals surface area contributed by atoms with E-state index in [-0.39, 0.29) is 6.61 Å². The van der Waals surface area contributed by atoms with Crippen LogP contribution in [-0.2, 0) is 43.4 Å². The van der Waals surface area contributed by atoms with E-state index in [0.717, 1.165) is 19.3 Å². The van der Waals surface area contributed by atoms with Crippen molar-refractivity contribution < 1.29 is 53.7 Å². The second kappa shape index (κ2) is 18.8. The zero-order valence-corrected chi connectivity index (χ0v) is 23.8. The third kappa shape index (κ3) is 16.5. The lowest BCUT2D eigenvalue weighted by atomic mass is 10.0. The highest BCUT2D eigenvalue weighted by Crippen LogP contribution is 2.27. The van der Waals surface area contributed by atoms with Gasteiger partial charge in [0, 0.05) is 0 Å². The minimum Gasteiger partial charge on any atom is -0.505 e. The molecule has 224 valence electrons. The average Bonchev–Trinajstić information content (AvgIpc) is 3.10. The summed E-state index contributed by atoms with van der Waals surface area (Å²) in [7, 11) is -10.2. The number of ether oxygens (including phenoxy) is 2. The Balaban J connectivity index is 2.22. The molecule has 14 heteroatoms. The zero-order valence-electron chi connectivity index (χ0n) is 22.2. The molecule has 2 atom stereocenters. The zero-order chi connectivity index (χ0) is 28.4. The summed E-state index contributed by atoms with van der Waals surface area (Å²) in [5, 5.41) is 10.2. The molecule has 1 heterocycles.